The highest BCUT2D eigenvalue weighted by Crippen LogP contribution is 2.00. The van der Waals surface area contributed by atoms with Crippen molar-refractivity contribution in [2.75, 3.05) is 31.7 Å². The molecule has 1 rings (SSSR count). The highest BCUT2D eigenvalue weighted by atomic mass is 32.2. The molecule has 5 heteroatoms. The van der Waals surface area contributed by atoms with E-state index in [1.54, 1.807) is 11.8 Å². The molecule has 1 atom stereocenters. The van der Waals surface area contributed by atoms with Gasteiger partial charge in [-0.3, -0.25) is 4.79 Å². The van der Waals surface area contributed by atoms with Crippen molar-refractivity contribution in [1.29, 1.82) is 0 Å². The largest absolute Gasteiger partial charge is 0.375 e. The molecule has 1 amide bonds. The fourth-order valence-corrected chi connectivity index (χ4v) is 1.92. The van der Waals surface area contributed by atoms with Crippen LogP contribution >= 0.6 is 11.8 Å². The Balaban J connectivity index is 1.97. The van der Waals surface area contributed by atoms with Gasteiger partial charge in [-0.15, -0.1) is 0 Å². The van der Waals surface area contributed by atoms with Gasteiger partial charge in [0.25, 0.3) is 0 Å². The van der Waals surface area contributed by atoms with E-state index in [9.17, 15) is 4.79 Å². The van der Waals surface area contributed by atoms with Crippen LogP contribution in [-0.2, 0) is 9.53 Å². The van der Waals surface area contributed by atoms with Crippen molar-refractivity contribution in [2.45, 2.75) is 25.5 Å². The minimum atomic E-state index is 0.0869. The van der Waals surface area contributed by atoms with E-state index in [4.69, 9.17) is 4.74 Å². The second kappa shape index (κ2) is 7.09. The van der Waals surface area contributed by atoms with Crippen LogP contribution in [0.25, 0.3) is 0 Å². The molecule has 0 aliphatic carbocycles. The molecule has 1 saturated heterocycles. The highest BCUT2D eigenvalue weighted by molar-refractivity contribution is 7.98. The number of ether oxygens (including phenoxy) is 1. The summed E-state index contributed by atoms with van der Waals surface area (Å²) >= 11 is 1.74. The maximum Gasteiger partial charge on any atom is 0.222 e. The van der Waals surface area contributed by atoms with Crippen molar-refractivity contribution in [3.05, 3.63) is 0 Å². The van der Waals surface area contributed by atoms with Gasteiger partial charge in [-0.25, -0.2) is 0 Å². The van der Waals surface area contributed by atoms with E-state index >= 15 is 0 Å². The predicted octanol–water partition coefficient (Wildman–Crippen LogP) is 0.233. The summed E-state index contributed by atoms with van der Waals surface area (Å²) in [4.78, 5) is 11.4. The van der Waals surface area contributed by atoms with E-state index in [0.717, 1.165) is 18.8 Å². The molecule has 0 aromatic rings. The summed E-state index contributed by atoms with van der Waals surface area (Å²) in [6, 6.07) is 0.248. The van der Waals surface area contributed by atoms with Gasteiger partial charge < -0.3 is 15.4 Å². The molecule has 0 aromatic heterocycles. The second-order valence-corrected chi connectivity index (χ2v) is 4.74. The summed E-state index contributed by atoms with van der Waals surface area (Å²) in [5.41, 5.74) is 0. The first kappa shape index (κ1) is 12.8. The fraction of sp³-hybridized carbons (Fsp3) is 0.900. The van der Waals surface area contributed by atoms with Crippen molar-refractivity contribution in [1.82, 2.24) is 10.6 Å². The third kappa shape index (κ3) is 5.39. The molecule has 0 bridgehead atoms. The van der Waals surface area contributed by atoms with Crippen molar-refractivity contribution >= 4 is 17.7 Å². The summed E-state index contributed by atoms with van der Waals surface area (Å²) < 4.78 is 5.46. The zero-order chi connectivity index (χ0) is 11.1. The first-order chi connectivity index (χ1) is 7.22. The van der Waals surface area contributed by atoms with Crippen LogP contribution in [0.15, 0.2) is 0 Å². The first-order valence-electron chi connectivity index (χ1n) is 5.33. The molecule has 1 aliphatic rings. The first-order valence-corrected chi connectivity index (χ1v) is 6.72. The molecule has 1 fully saturated rings. The van der Waals surface area contributed by atoms with E-state index < -0.39 is 0 Å². The average Bonchev–Trinajstić information content (AvgIpc) is 2.09. The van der Waals surface area contributed by atoms with Crippen molar-refractivity contribution < 1.29 is 9.53 Å². The topological polar surface area (TPSA) is 50.4 Å². The second-order valence-electron chi connectivity index (χ2n) is 3.82. The third-order valence-corrected chi connectivity index (χ3v) is 3.08. The highest BCUT2D eigenvalue weighted by Gasteiger charge is 2.17. The Morgan fingerprint density at radius 1 is 1.67 bits per heavy atom. The van der Waals surface area contributed by atoms with E-state index in [0.29, 0.717) is 19.1 Å². The van der Waals surface area contributed by atoms with Gasteiger partial charge in [-0.1, -0.05) is 0 Å². The van der Waals surface area contributed by atoms with Crippen LogP contribution in [-0.4, -0.2) is 49.8 Å². The number of carbonyl (C=O) groups excluding carboxylic acids is 1. The van der Waals surface area contributed by atoms with Crippen LogP contribution < -0.4 is 10.6 Å². The number of thioether (sulfide) groups is 1. The monoisotopic (exact) mass is 232 g/mol. The van der Waals surface area contributed by atoms with E-state index in [1.807, 2.05) is 13.2 Å². The molecule has 4 nitrogen and oxygen atoms in total. The molecule has 0 saturated carbocycles. The number of amides is 1. The zero-order valence-electron chi connectivity index (χ0n) is 9.41. The average molecular weight is 232 g/mol. The molecule has 88 valence electrons. The van der Waals surface area contributed by atoms with Gasteiger partial charge in [0, 0.05) is 31.3 Å². The van der Waals surface area contributed by atoms with Crippen molar-refractivity contribution in [2.24, 2.45) is 0 Å². The van der Waals surface area contributed by atoms with Gasteiger partial charge in [-0.05, 0) is 13.2 Å². The summed E-state index contributed by atoms with van der Waals surface area (Å²) in [6.07, 6.45) is 2.83. The Kier molecular flexibility index (Phi) is 6.05. The van der Waals surface area contributed by atoms with Gasteiger partial charge in [0.1, 0.15) is 0 Å². The Labute approximate surface area is 95.5 Å². The minimum Gasteiger partial charge on any atom is -0.375 e. The predicted molar refractivity (Wildman–Crippen MR) is 63.2 cm³/mol. The lowest BCUT2D eigenvalue weighted by molar-refractivity contribution is -0.123. The summed E-state index contributed by atoms with van der Waals surface area (Å²) in [5, 5.41) is 6.06. The van der Waals surface area contributed by atoms with Gasteiger partial charge in [-0.2, -0.15) is 11.8 Å². The molecular formula is C10H20N2O2S. The van der Waals surface area contributed by atoms with Gasteiger partial charge in [0.15, 0.2) is 0 Å². The van der Waals surface area contributed by atoms with Crippen LogP contribution in [0, 0.1) is 0 Å². The van der Waals surface area contributed by atoms with Gasteiger partial charge in [0.05, 0.1) is 12.7 Å². The molecule has 15 heavy (non-hydrogen) atoms. The Morgan fingerprint density at radius 3 is 2.93 bits per heavy atom. The van der Waals surface area contributed by atoms with Gasteiger partial charge in [0.2, 0.25) is 5.91 Å². The molecule has 0 radical (unpaired) electrons. The minimum absolute atomic E-state index is 0.0869. The molecule has 2 N–H and O–H groups in total. The Hall–Kier alpha value is -0.260. The fourth-order valence-electron chi connectivity index (χ4n) is 1.34. The van der Waals surface area contributed by atoms with Crippen LogP contribution in [0.2, 0.25) is 0 Å². The van der Waals surface area contributed by atoms with Crippen LogP contribution in [0.3, 0.4) is 0 Å². The normalized spacial score (nSPS) is 18.3. The maximum atomic E-state index is 11.4. The van der Waals surface area contributed by atoms with E-state index in [-0.39, 0.29) is 11.9 Å². The number of nitrogens with one attached hydrogen (secondary N) is 2. The molecular weight excluding hydrogens is 212 g/mol. The number of carbonyl (C=O) groups is 1. The van der Waals surface area contributed by atoms with E-state index in [1.165, 1.54) is 0 Å². The zero-order valence-corrected chi connectivity index (χ0v) is 10.2. The lowest BCUT2D eigenvalue weighted by atomic mass is 10.2. The SMILES string of the molecule is CSCC(C)NC(=O)CCOC1CNC1. The smallest absolute Gasteiger partial charge is 0.222 e. The standard InChI is InChI=1S/C10H20N2O2S/c1-8(7-15-2)12-10(13)3-4-14-9-5-11-6-9/h8-9,11H,3-7H2,1-2H3,(H,12,13). The van der Waals surface area contributed by atoms with Crippen LogP contribution in [0.4, 0.5) is 0 Å². The number of hydrogen-bond acceptors (Lipinski definition) is 4. The molecule has 1 heterocycles. The number of hydrogen-bond donors (Lipinski definition) is 2. The maximum absolute atomic E-state index is 11.4. The van der Waals surface area contributed by atoms with Crippen LogP contribution in [0.5, 0.6) is 0 Å². The van der Waals surface area contributed by atoms with Crippen molar-refractivity contribution in [3.8, 4) is 0 Å². The molecule has 1 unspecified atom stereocenters. The Bertz CT molecular complexity index is 198. The summed E-state index contributed by atoms with van der Waals surface area (Å²) in [6.45, 7) is 4.39. The summed E-state index contributed by atoms with van der Waals surface area (Å²) in [5.74, 6) is 1.04. The van der Waals surface area contributed by atoms with E-state index in [2.05, 4.69) is 10.6 Å². The van der Waals surface area contributed by atoms with Crippen LogP contribution in [0.1, 0.15) is 13.3 Å². The molecule has 1 aliphatic heterocycles. The van der Waals surface area contributed by atoms with Crippen molar-refractivity contribution in [3.63, 3.8) is 0 Å². The molecule has 0 aromatic carbocycles. The van der Waals surface area contributed by atoms with Gasteiger partial charge >= 0.3 is 0 Å². The number of rotatable bonds is 7. The lowest BCUT2D eigenvalue weighted by Gasteiger charge is -2.27. The molecule has 0 spiro atoms. The third-order valence-electron chi connectivity index (χ3n) is 2.25. The lowest BCUT2D eigenvalue weighted by Crippen LogP contribution is -2.48. The Morgan fingerprint density at radius 2 is 2.40 bits per heavy atom. The summed E-state index contributed by atoms with van der Waals surface area (Å²) in [7, 11) is 0. The quantitative estimate of drug-likeness (QED) is 0.660.